The van der Waals surface area contributed by atoms with E-state index in [2.05, 4.69) is 20.5 Å². The number of hydrogen-bond donors (Lipinski definition) is 2. The lowest BCUT2D eigenvalue weighted by molar-refractivity contribution is -0.118. The highest BCUT2D eigenvalue weighted by Crippen LogP contribution is 2.37. The fourth-order valence-corrected chi connectivity index (χ4v) is 6.41. The maximum absolute atomic E-state index is 13.2. The van der Waals surface area contributed by atoms with Gasteiger partial charge < -0.3 is 34.8 Å². The van der Waals surface area contributed by atoms with Gasteiger partial charge in [-0.3, -0.25) is 9.59 Å². The van der Waals surface area contributed by atoms with Crippen molar-refractivity contribution in [3.05, 3.63) is 65.9 Å². The molecule has 1 saturated carbocycles. The molecule has 46 heavy (non-hydrogen) atoms. The normalized spacial score (nSPS) is 17.3. The van der Waals surface area contributed by atoms with Gasteiger partial charge >= 0.3 is 6.09 Å². The molecule has 3 aromatic rings. The maximum Gasteiger partial charge on any atom is 0.410 e. The molecule has 0 radical (unpaired) electrons. The molecule has 0 spiro atoms. The first-order valence-electron chi connectivity index (χ1n) is 16.0. The molecular formula is C34H41N7O5. The zero-order valence-corrected chi connectivity index (χ0v) is 26.4. The van der Waals surface area contributed by atoms with Crippen LogP contribution in [0.3, 0.4) is 0 Å². The SMILES string of the molecule is COc1cc(C(=O)NC2CCN(C(=O)OCc3ccccc3)CC2)ccc1Nc1ncc2c(n1)N(C1CCCC1)CCC(=O)N2C. The molecule has 12 nitrogen and oxygen atoms in total. The Labute approximate surface area is 269 Å². The van der Waals surface area contributed by atoms with Crippen LogP contribution in [0.4, 0.5) is 27.9 Å². The van der Waals surface area contributed by atoms with Gasteiger partial charge in [0.05, 0.1) is 19.0 Å². The van der Waals surface area contributed by atoms with Crippen LogP contribution >= 0.6 is 0 Å². The Morgan fingerprint density at radius 1 is 1.00 bits per heavy atom. The van der Waals surface area contributed by atoms with Gasteiger partial charge in [-0.1, -0.05) is 43.2 Å². The second-order valence-electron chi connectivity index (χ2n) is 12.1. The molecule has 1 aliphatic carbocycles. The van der Waals surface area contributed by atoms with Gasteiger partial charge in [0.15, 0.2) is 5.82 Å². The maximum atomic E-state index is 13.2. The molecule has 3 heterocycles. The van der Waals surface area contributed by atoms with Crippen molar-refractivity contribution in [1.29, 1.82) is 0 Å². The van der Waals surface area contributed by atoms with Gasteiger partial charge in [-0.25, -0.2) is 9.78 Å². The molecule has 0 unspecified atom stereocenters. The molecule has 1 saturated heterocycles. The number of nitrogens with zero attached hydrogens (tertiary/aromatic N) is 5. The highest BCUT2D eigenvalue weighted by molar-refractivity contribution is 5.97. The Bertz CT molecular complexity index is 1550. The third-order valence-electron chi connectivity index (χ3n) is 9.09. The highest BCUT2D eigenvalue weighted by atomic mass is 16.6. The number of carbonyl (C=O) groups excluding carboxylic acids is 3. The number of aromatic nitrogens is 2. The summed E-state index contributed by atoms with van der Waals surface area (Å²) < 4.78 is 11.1. The van der Waals surface area contributed by atoms with Crippen LogP contribution < -0.4 is 25.2 Å². The molecule has 3 aliphatic rings. The zero-order chi connectivity index (χ0) is 32.0. The van der Waals surface area contributed by atoms with Crippen molar-refractivity contribution in [2.75, 3.05) is 48.9 Å². The number of fused-ring (bicyclic) bond motifs is 1. The number of benzene rings is 2. The summed E-state index contributed by atoms with van der Waals surface area (Å²) in [5.41, 5.74) is 2.72. The summed E-state index contributed by atoms with van der Waals surface area (Å²) in [6, 6.07) is 15.1. The average Bonchev–Trinajstić information content (AvgIpc) is 3.59. The van der Waals surface area contributed by atoms with Crippen molar-refractivity contribution in [2.24, 2.45) is 0 Å². The lowest BCUT2D eigenvalue weighted by Gasteiger charge is -2.31. The fraction of sp³-hybridized carbons (Fsp3) is 0.441. The summed E-state index contributed by atoms with van der Waals surface area (Å²) in [7, 11) is 3.32. The van der Waals surface area contributed by atoms with Gasteiger partial charge in [0.25, 0.3) is 5.91 Å². The fourth-order valence-electron chi connectivity index (χ4n) is 6.41. The molecule has 2 aromatic carbocycles. The number of ether oxygens (including phenoxy) is 2. The summed E-state index contributed by atoms with van der Waals surface area (Å²) >= 11 is 0. The number of anilines is 4. The molecule has 0 atom stereocenters. The Morgan fingerprint density at radius 3 is 2.50 bits per heavy atom. The summed E-state index contributed by atoms with van der Waals surface area (Å²) in [5.74, 6) is 1.45. The predicted octanol–water partition coefficient (Wildman–Crippen LogP) is 4.88. The second kappa shape index (κ2) is 14.1. The van der Waals surface area contributed by atoms with Crippen LogP contribution in [0.2, 0.25) is 0 Å². The summed E-state index contributed by atoms with van der Waals surface area (Å²) in [6.07, 6.45) is 7.58. The van der Waals surface area contributed by atoms with Crippen LogP contribution in [0.25, 0.3) is 0 Å². The summed E-state index contributed by atoms with van der Waals surface area (Å²) in [4.78, 5) is 53.4. The molecule has 1 aromatic heterocycles. The van der Waals surface area contributed by atoms with Crippen LogP contribution in [-0.2, 0) is 16.1 Å². The number of rotatable bonds is 8. The van der Waals surface area contributed by atoms with Gasteiger partial charge in [-0.05, 0) is 49.4 Å². The zero-order valence-electron chi connectivity index (χ0n) is 26.4. The number of amides is 3. The van der Waals surface area contributed by atoms with Gasteiger partial charge in [0.1, 0.15) is 18.0 Å². The number of piperidine rings is 1. The van der Waals surface area contributed by atoms with Crippen molar-refractivity contribution < 1.29 is 23.9 Å². The molecule has 12 heteroatoms. The first-order chi connectivity index (χ1) is 22.4. The molecule has 242 valence electrons. The standard InChI is InChI=1S/C34H41N7O5/c1-39-28-21-35-33(38-31(28)41(19-16-30(39)42)26-10-6-7-11-26)37-27-13-12-24(20-29(27)45-2)32(43)36-25-14-17-40(18-15-25)34(44)46-22-23-8-4-3-5-9-23/h3-5,8-9,12-13,20-21,25-26H,6-7,10-11,14-19,22H2,1-2H3,(H,36,43)(H,35,37,38). The third-order valence-corrected chi connectivity index (χ3v) is 9.09. The van der Waals surface area contributed by atoms with Crippen LogP contribution in [0, 0.1) is 0 Å². The smallest absolute Gasteiger partial charge is 0.410 e. The van der Waals surface area contributed by atoms with Gasteiger partial charge in [-0.2, -0.15) is 4.98 Å². The molecule has 0 bridgehead atoms. The van der Waals surface area contributed by atoms with Gasteiger partial charge in [0.2, 0.25) is 11.9 Å². The quantitative estimate of drug-likeness (QED) is 0.359. The summed E-state index contributed by atoms with van der Waals surface area (Å²) in [6.45, 7) is 1.88. The number of carbonyl (C=O) groups is 3. The Balaban J connectivity index is 1.07. The Hall–Kier alpha value is -4.87. The van der Waals surface area contributed by atoms with E-state index in [1.165, 1.54) is 12.8 Å². The van der Waals surface area contributed by atoms with E-state index in [-0.39, 0.29) is 30.6 Å². The predicted molar refractivity (Wildman–Crippen MR) is 175 cm³/mol. The largest absolute Gasteiger partial charge is 0.495 e. The minimum absolute atomic E-state index is 0.0495. The Kier molecular flexibility index (Phi) is 9.51. The van der Waals surface area contributed by atoms with Crippen molar-refractivity contribution >= 4 is 41.0 Å². The lowest BCUT2D eigenvalue weighted by Crippen LogP contribution is -2.46. The van der Waals surface area contributed by atoms with Crippen LogP contribution in [0.1, 0.15) is 60.9 Å². The van der Waals surface area contributed by atoms with E-state index in [1.807, 2.05) is 30.3 Å². The summed E-state index contributed by atoms with van der Waals surface area (Å²) in [5, 5.41) is 6.35. The van der Waals surface area contributed by atoms with E-state index in [9.17, 15) is 14.4 Å². The minimum Gasteiger partial charge on any atom is -0.495 e. The monoisotopic (exact) mass is 627 g/mol. The van der Waals surface area contributed by atoms with Crippen molar-refractivity contribution in [3.8, 4) is 5.75 Å². The van der Waals surface area contributed by atoms with E-state index in [1.54, 1.807) is 48.4 Å². The van der Waals surface area contributed by atoms with E-state index in [4.69, 9.17) is 14.5 Å². The number of hydrogen-bond acceptors (Lipinski definition) is 9. The van der Waals surface area contributed by atoms with E-state index in [0.29, 0.717) is 73.6 Å². The highest BCUT2D eigenvalue weighted by Gasteiger charge is 2.32. The molecular weight excluding hydrogens is 586 g/mol. The molecule has 2 fully saturated rings. The van der Waals surface area contributed by atoms with Gasteiger partial charge in [-0.15, -0.1) is 0 Å². The van der Waals surface area contributed by atoms with E-state index < -0.39 is 0 Å². The molecule has 6 rings (SSSR count). The van der Waals surface area contributed by atoms with Crippen molar-refractivity contribution in [3.63, 3.8) is 0 Å². The van der Waals surface area contributed by atoms with Crippen molar-refractivity contribution in [2.45, 2.75) is 63.6 Å². The van der Waals surface area contributed by atoms with Crippen molar-refractivity contribution in [1.82, 2.24) is 20.2 Å². The van der Waals surface area contributed by atoms with Crippen LogP contribution in [-0.4, -0.2) is 78.7 Å². The molecule has 3 amide bonds. The van der Waals surface area contributed by atoms with Crippen LogP contribution in [0.15, 0.2) is 54.7 Å². The first-order valence-corrected chi connectivity index (χ1v) is 16.0. The number of methoxy groups -OCH3 is 1. The minimum atomic E-state index is -0.341. The van der Waals surface area contributed by atoms with Crippen LogP contribution in [0.5, 0.6) is 5.75 Å². The number of nitrogens with one attached hydrogen (secondary N) is 2. The second-order valence-corrected chi connectivity index (χ2v) is 12.1. The topological polar surface area (TPSA) is 129 Å². The van der Waals surface area contributed by atoms with E-state index in [0.717, 1.165) is 24.2 Å². The first kappa shape index (κ1) is 31.1. The number of likely N-dealkylation sites (tertiary alicyclic amines) is 1. The molecule has 2 aliphatic heterocycles. The van der Waals surface area contributed by atoms with E-state index >= 15 is 0 Å². The lowest BCUT2D eigenvalue weighted by atomic mass is 10.0. The third kappa shape index (κ3) is 7.00. The average molecular weight is 628 g/mol. The van der Waals surface area contributed by atoms with Gasteiger partial charge in [0, 0.05) is 50.7 Å². The molecule has 2 N–H and O–H groups in total. The Morgan fingerprint density at radius 2 is 1.76 bits per heavy atom.